The molecule has 1 fully saturated rings. The van der Waals surface area contributed by atoms with Gasteiger partial charge in [-0.2, -0.15) is 13.2 Å². The SMILES string of the molecule is [2H]CC([2H])(C)c1cnc2c(NC3CCNCC3)cc(C(F)(F)F)cn12. The van der Waals surface area contributed by atoms with Crippen molar-refractivity contribution in [2.24, 2.45) is 0 Å². The molecule has 4 nitrogen and oxygen atoms in total. The number of hydrogen-bond acceptors (Lipinski definition) is 3. The fourth-order valence-electron chi connectivity index (χ4n) is 2.85. The summed E-state index contributed by atoms with van der Waals surface area (Å²) in [5.74, 6) is -1.34. The van der Waals surface area contributed by atoms with E-state index in [1.54, 1.807) is 0 Å². The molecular formula is C16H21F3N4. The van der Waals surface area contributed by atoms with E-state index in [0.717, 1.165) is 38.2 Å². The second kappa shape index (κ2) is 6.03. The number of pyridine rings is 1. The highest BCUT2D eigenvalue weighted by Crippen LogP contribution is 2.34. The summed E-state index contributed by atoms with van der Waals surface area (Å²) < 4.78 is 57.0. The van der Waals surface area contributed by atoms with Crippen molar-refractivity contribution < 1.29 is 15.9 Å². The maximum atomic E-state index is 13.3. The molecule has 2 aromatic heterocycles. The number of piperidine rings is 1. The molecule has 0 amide bonds. The average Bonchev–Trinajstić information content (AvgIpc) is 3.00. The summed E-state index contributed by atoms with van der Waals surface area (Å²) in [5, 5.41) is 6.41. The Morgan fingerprint density at radius 1 is 1.48 bits per heavy atom. The van der Waals surface area contributed by atoms with E-state index in [2.05, 4.69) is 15.6 Å². The minimum Gasteiger partial charge on any atom is -0.379 e. The third-order valence-electron chi connectivity index (χ3n) is 4.07. The first kappa shape index (κ1) is 13.7. The molecular weight excluding hydrogens is 305 g/mol. The highest BCUT2D eigenvalue weighted by molar-refractivity contribution is 5.69. The first-order valence-corrected chi connectivity index (χ1v) is 7.57. The maximum Gasteiger partial charge on any atom is 0.417 e. The summed E-state index contributed by atoms with van der Waals surface area (Å²) in [6.07, 6.45) is -0.504. The zero-order chi connectivity index (χ0) is 18.2. The second-order valence-electron chi connectivity index (χ2n) is 5.93. The number of anilines is 1. The lowest BCUT2D eigenvalue weighted by atomic mass is 10.1. The molecule has 0 saturated carbocycles. The molecule has 7 heteroatoms. The van der Waals surface area contributed by atoms with Gasteiger partial charge in [0.05, 0.1) is 11.3 Å². The quantitative estimate of drug-likeness (QED) is 0.904. The molecule has 1 saturated heterocycles. The normalized spacial score (nSPS) is 20.9. The van der Waals surface area contributed by atoms with Crippen LogP contribution in [0.25, 0.3) is 5.65 Å². The van der Waals surface area contributed by atoms with Gasteiger partial charge in [-0.05, 0) is 37.9 Å². The van der Waals surface area contributed by atoms with Crippen LogP contribution < -0.4 is 10.6 Å². The number of nitrogens with zero attached hydrogens (tertiary/aromatic N) is 2. The van der Waals surface area contributed by atoms with Gasteiger partial charge in [0.2, 0.25) is 0 Å². The van der Waals surface area contributed by atoms with Crippen LogP contribution in [0.1, 0.15) is 46.6 Å². The van der Waals surface area contributed by atoms with Crippen molar-refractivity contribution in [3.05, 3.63) is 29.7 Å². The first-order chi connectivity index (χ1) is 11.7. The molecule has 1 aliphatic rings. The van der Waals surface area contributed by atoms with Gasteiger partial charge in [0.15, 0.2) is 5.65 Å². The molecule has 0 bridgehead atoms. The largest absolute Gasteiger partial charge is 0.417 e. The number of fused-ring (bicyclic) bond motifs is 1. The number of imidazole rings is 1. The lowest BCUT2D eigenvalue weighted by Crippen LogP contribution is -2.35. The number of nitrogens with one attached hydrogen (secondary N) is 2. The lowest BCUT2D eigenvalue weighted by molar-refractivity contribution is -0.137. The molecule has 1 aliphatic heterocycles. The third-order valence-corrected chi connectivity index (χ3v) is 4.07. The fraction of sp³-hybridized carbons (Fsp3) is 0.562. The van der Waals surface area contributed by atoms with E-state index in [1.807, 2.05) is 0 Å². The monoisotopic (exact) mass is 328 g/mol. The molecule has 0 spiro atoms. The van der Waals surface area contributed by atoms with Gasteiger partial charge in [-0.1, -0.05) is 13.8 Å². The molecule has 3 heterocycles. The number of hydrogen-bond donors (Lipinski definition) is 2. The highest BCUT2D eigenvalue weighted by atomic mass is 19.4. The molecule has 2 aromatic rings. The lowest BCUT2D eigenvalue weighted by Gasteiger charge is -2.25. The number of rotatable bonds is 3. The van der Waals surface area contributed by atoms with E-state index in [0.29, 0.717) is 11.3 Å². The van der Waals surface area contributed by atoms with Crippen molar-refractivity contribution in [1.82, 2.24) is 14.7 Å². The molecule has 126 valence electrons. The van der Waals surface area contributed by atoms with Gasteiger partial charge in [0.1, 0.15) is 0 Å². The van der Waals surface area contributed by atoms with Crippen LogP contribution in [0.4, 0.5) is 18.9 Å². The maximum absolute atomic E-state index is 13.3. The minimum absolute atomic E-state index is 0.0762. The van der Waals surface area contributed by atoms with Crippen molar-refractivity contribution in [3.8, 4) is 0 Å². The van der Waals surface area contributed by atoms with Crippen LogP contribution in [0.2, 0.25) is 0 Å². The Morgan fingerprint density at radius 2 is 2.22 bits per heavy atom. The Kier molecular flexibility index (Phi) is 3.58. The van der Waals surface area contributed by atoms with Gasteiger partial charge in [-0.25, -0.2) is 4.98 Å². The molecule has 0 aromatic carbocycles. The highest BCUT2D eigenvalue weighted by Gasteiger charge is 2.32. The molecule has 1 atom stereocenters. The van der Waals surface area contributed by atoms with Crippen LogP contribution in [0, 0.1) is 0 Å². The summed E-state index contributed by atoms with van der Waals surface area (Å²) in [4.78, 5) is 4.24. The summed E-state index contributed by atoms with van der Waals surface area (Å²) in [6.45, 7) is 2.87. The van der Waals surface area contributed by atoms with Gasteiger partial charge in [0.25, 0.3) is 0 Å². The molecule has 0 radical (unpaired) electrons. The van der Waals surface area contributed by atoms with Crippen LogP contribution >= 0.6 is 0 Å². The Labute approximate surface area is 135 Å². The van der Waals surface area contributed by atoms with Crippen molar-refractivity contribution >= 4 is 11.3 Å². The topological polar surface area (TPSA) is 41.4 Å². The van der Waals surface area contributed by atoms with Gasteiger partial charge >= 0.3 is 6.18 Å². The van der Waals surface area contributed by atoms with E-state index in [9.17, 15) is 13.2 Å². The average molecular weight is 328 g/mol. The smallest absolute Gasteiger partial charge is 0.379 e. The first-order valence-electron chi connectivity index (χ1n) is 8.78. The predicted octanol–water partition coefficient (Wildman–Crippen LogP) is 3.64. The summed E-state index contributed by atoms with van der Waals surface area (Å²) >= 11 is 0. The Balaban J connectivity index is 2.11. The third kappa shape index (κ3) is 3.29. The van der Waals surface area contributed by atoms with E-state index < -0.39 is 17.6 Å². The molecule has 23 heavy (non-hydrogen) atoms. The van der Waals surface area contributed by atoms with E-state index in [1.165, 1.54) is 17.5 Å². The zero-order valence-corrected chi connectivity index (χ0v) is 12.9. The predicted molar refractivity (Wildman–Crippen MR) is 83.8 cm³/mol. The number of alkyl halides is 3. The second-order valence-corrected chi connectivity index (χ2v) is 5.93. The van der Waals surface area contributed by atoms with Crippen molar-refractivity contribution in [1.29, 1.82) is 0 Å². The van der Waals surface area contributed by atoms with Crippen LogP contribution in [0.5, 0.6) is 0 Å². The van der Waals surface area contributed by atoms with Crippen LogP contribution in [-0.4, -0.2) is 28.5 Å². The Bertz CT molecular complexity index is 752. The molecule has 3 rings (SSSR count). The molecule has 1 unspecified atom stereocenters. The van der Waals surface area contributed by atoms with Gasteiger partial charge < -0.3 is 15.0 Å². The number of aromatic nitrogens is 2. The van der Waals surface area contributed by atoms with Gasteiger partial charge in [-0.3, -0.25) is 0 Å². The van der Waals surface area contributed by atoms with E-state index in [4.69, 9.17) is 2.74 Å². The molecule has 2 N–H and O–H groups in total. The van der Waals surface area contributed by atoms with Crippen molar-refractivity contribution in [2.75, 3.05) is 18.4 Å². The Morgan fingerprint density at radius 3 is 2.87 bits per heavy atom. The zero-order valence-electron chi connectivity index (χ0n) is 14.9. The number of halogens is 3. The van der Waals surface area contributed by atoms with Crippen molar-refractivity contribution in [3.63, 3.8) is 0 Å². The van der Waals surface area contributed by atoms with Gasteiger partial charge in [-0.15, -0.1) is 0 Å². The van der Waals surface area contributed by atoms with Crippen LogP contribution in [0.3, 0.4) is 0 Å². The van der Waals surface area contributed by atoms with Crippen LogP contribution in [-0.2, 0) is 6.18 Å². The van der Waals surface area contributed by atoms with E-state index >= 15 is 0 Å². The van der Waals surface area contributed by atoms with Crippen LogP contribution in [0.15, 0.2) is 18.5 Å². The summed E-state index contributed by atoms with van der Waals surface area (Å²) in [6, 6.07) is 1.16. The van der Waals surface area contributed by atoms with Gasteiger partial charge in [0, 0.05) is 26.9 Å². The minimum atomic E-state index is -4.50. The van der Waals surface area contributed by atoms with E-state index in [-0.39, 0.29) is 18.6 Å². The fourth-order valence-corrected chi connectivity index (χ4v) is 2.85. The molecule has 0 aliphatic carbocycles. The van der Waals surface area contributed by atoms with Crippen molar-refractivity contribution in [2.45, 2.75) is 44.8 Å². The summed E-state index contributed by atoms with van der Waals surface area (Å²) in [5.41, 5.74) is 0.149. The Hall–Kier alpha value is -1.76. The summed E-state index contributed by atoms with van der Waals surface area (Å²) in [7, 11) is 0. The standard InChI is InChI=1S/C16H21F3N4/c1-10(2)14-8-21-15-13(22-12-3-5-20-6-4-12)7-11(9-23(14)15)16(17,18)19/h7-10,12,20,22H,3-6H2,1-2H3/i1D,10D.